The van der Waals surface area contributed by atoms with E-state index in [9.17, 15) is 18.3 Å². The summed E-state index contributed by atoms with van der Waals surface area (Å²) in [5.74, 6) is -1.20. The van der Waals surface area contributed by atoms with Gasteiger partial charge in [0, 0.05) is 16.9 Å². The molecule has 0 radical (unpaired) electrons. The number of aliphatic hydroxyl groups is 1. The molecule has 2 N–H and O–H groups in total. The SMILES string of the molecule is CC(C)c1cc(Cl)cc(C(C)C)c1NC(=O)CS(=O)(=O)c1ncc(C(C)(C)O)s1. The van der Waals surface area contributed by atoms with Crippen LogP contribution in [0.25, 0.3) is 0 Å². The van der Waals surface area contributed by atoms with Crippen LogP contribution in [0.15, 0.2) is 22.7 Å². The number of nitrogens with zero attached hydrogens (tertiary/aromatic N) is 1. The van der Waals surface area contributed by atoms with E-state index in [0.717, 1.165) is 22.5 Å². The normalized spacial score (nSPS) is 12.6. The molecule has 0 aliphatic carbocycles. The smallest absolute Gasteiger partial charge is 0.240 e. The second-order valence-corrected chi connectivity index (χ2v) is 11.8. The lowest BCUT2D eigenvalue weighted by Gasteiger charge is -2.21. The number of nitrogens with one attached hydrogen (secondary N) is 1. The molecule has 2 rings (SSSR count). The molecule has 0 bridgehead atoms. The van der Waals surface area contributed by atoms with Crippen molar-refractivity contribution in [2.24, 2.45) is 0 Å². The Bertz CT molecular complexity index is 977. The molecule has 0 aliphatic heterocycles. The molecule has 1 amide bonds. The summed E-state index contributed by atoms with van der Waals surface area (Å²) in [4.78, 5) is 16.9. The molecule has 160 valence electrons. The number of carbonyl (C=O) groups excluding carboxylic acids is 1. The standard InChI is InChI=1S/C20H27ClN2O4S2/c1-11(2)14-7-13(21)8-15(12(3)4)18(14)23-17(24)10-29(26,27)19-22-9-16(28-19)20(5,6)25/h7-9,11-12,25H,10H2,1-6H3,(H,23,24). The highest BCUT2D eigenvalue weighted by Gasteiger charge is 2.28. The summed E-state index contributed by atoms with van der Waals surface area (Å²) < 4.78 is 25.1. The number of thiazole rings is 1. The van der Waals surface area contributed by atoms with Gasteiger partial charge in [-0.05, 0) is 48.9 Å². The van der Waals surface area contributed by atoms with Gasteiger partial charge in [-0.2, -0.15) is 0 Å². The van der Waals surface area contributed by atoms with E-state index in [-0.39, 0.29) is 16.2 Å². The maximum absolute atomic E-state index is 12.6. The van der Waals surface area contributed by atoms with E-state index in [4.69, 9.17) is 11.6 Å². The Hall–Kier alpha value is -1.48. The Kier molecular flexibility index (Phi) is 7.15. The number of amides is 1. The van der Waals surface area contributed by atoms with Crippen molar-refractivity contribution in [3.8, 4) is 0 Å². The molecule has 29 heavy (non-hydrogen) atoms. The quantitative estimate of drug-likeness (QED) is 0.627. The first-order chi connectivity index (χ1) is 13.2. The van der Waals surface area contributed by atoms with Crippen LogP contribution in [-0.4, -0.2) is 30.2 Å². The van der Waals surface area contributed by atoms with Gasteiger partial charge >= 0.3 is 0 Å². The van der Waals surface area contributed by atoms with Crippen LogP contribution < -0.4 is 5.32 Å². The molecule has 0 saturated carbocycles. The van der Waals surface area contributed by atoms with Crippen LogP contribution >= 0.6 is 22.9 Å². The Morgan fingerprint density at radius 3 is 2.14 bits per heavy atom. The summed E-state index contributed by atoms with van der Waals surface area (Å²) in [5.41, 5.74) is 1.11. The molecule has 1 aromatic carbocycles. The van der Waals surface area contributed by atoms with E-state index in [1.54, 1.807) is 26.0 Å². The second kappa shape index (κ2) is 8.71. The van der Waals surface area contributed by atoms with Gasteiger partial charge in [0.25, 0.3) is 0 Å². The molecule has 6 nitrogen and oxygen atoms in total. The van der Waals surface area contributed by atoms with Crippen LogP contribution in [0.4, 0.5) is 5.69 Å². The maximum atomic E-state index is 12.6. The minimum absolute atomic E-state index is 0.0893. The number of benzene rings is 1. The summed E-state index contributed by atoms with van der Waals surface area (Å²) in [6.07, 6.45) is 1.32. The summed E-state index contributed by atoms with van der Waals surface area (Å²) in [7, 11) is -3.94. The molecule has 9 heteroatoms. The Morgan fingerprint density at radius 2 is 1.72 bits per heavy atom. The lowest BCUT2D eigenvalue weighted by atomic mass is 9.92. The first kappa shape index (κ1) is 23.8. The average Bonchev–Trinajstić information content (AvgIpc) is 3.06. The lowest BCUT2D eigenvalue weighted by Crippen LogP contribution is -2.24. The van der Waals surface area contributed by atoms with Crippen molar-refractivity contribution >= 4 is 44.4 Å². The van der Waals surface area contributed by atoms with Gasteiger partial charge in [-0.3, -0.25) is 4.79 Å². The fraction of sp³-hybridized carbons (Fsp3) is 0.500. The molecule has 0 atom stereocenters. The van der Waals surface area contributed by atoms with Crippen molar-refractivity contribution in [2.45, 2.75) is 63.3 Å². The molecule has 2 aromatic rings. The van der Waals surface area contributed by atoms with Crippen LogP contribution in [0.1, 0.15) is 69.4 Å². The van der Waals surface area contributed by atoms with Crippen LogP contribution in [0.5, 0.6) is 0 Å². The van der Waals surface area contributed by atoms with Gasteiger partial charge in [-0.25, -0.2) is 13.4 Å². The highest BCUT2D eigenvalue weighted by Crippen LogP contribution is 2.35. The minimum Gasteiger partial charge on any atom is -0.385 e. The number of carbonyl (C=O) groups is 1. The first-order valence-electron chi connectivity index (χ1n) is 9.27. The predicted molar refractivity (Wildman–Crippen MR) is 118 cm³/mol. The van der Waals surface area contributed by atoms with Gasteiger partial charge < -0.3 is 10.4 Å². The number of hydrogen-bond donors (Lipinski definition) is 2. The van der Waals surface area contributed by atoms with Crippen molar-refractivity contribution in [1.82, 2.24) is 4.98 Å². The average molecular weight is 459 g/mol. The van der Waals surface area contributed by atoms with Gasteiger partial charge in [0.2, 0.25) is 20.1 Å². The third-order valence-electron chi connectivity index (χ3n) is 4.35. The van der Waals surface area contributed by atoms with Gasteiger partial charge in [-0.15, -0.1) is 11.3 Å². The molecule has 0 saturated heterocycles. The third-order valence-corrected chi connectivity index (χ3v) is 7.96. The third kappa shape index (κ3) is 5.78. The largest absolute Gasteiger partial charge is 0.385 e. The molecule has 0 fully saturated rings. The van der Waals surface area contributed by atoms with E-state index in [2.05, 4.69) is 10.3 Å². The number of halogens is 1. The van der Waals surface area contributed by atoms with Crippen molar-refractivity contribution < 1.29 is 18.3 Å². The minimum atomic E-state index is -3.94. The van der Waals surface area contributed by atoms with Crippen LogP contribution in [-0.2, 0) is 20.2 Å². The molecular weight excluding hydrogens is 432 g/mol. The Balaban J connectivity index is 2.32. The second-order valence-electron chi connectivity index (χ2n) is 8.13. The fourth-order valence-corrected chi connectivity index (χ4v) is 5.39. The monoisotopic (exact) mass is 458 g/mol. The highest BCUT2D eigenvalue weighted by molar-refractivity contribution is 7.94. The summed E-state index contributed by atoms with van der Waals surface area (Å²) >= 11 is 7.10. The topological polar surface area (TPSA) is 96.4 Å². The number of hydrogen-bond acceptors (Lipinski definition) is 6. The number of aromatic nitrogens is 1. The first-order valence-corrected chi connectivity index (χ1v) is 12.1. The fourth-order valence-electron chi connectivity index (χ4n) is 2.80. The number of anilines is 1. The number of rotatable bonds is 7. The Labute approximate surface area is 181 Å². The summed E-state index contributed by atoms with van der Waals surface area (Å²) in [6, 6.07) is 3.58. The van der Waals surface area contributed by atoms with E-state index >= 15 is 0 Å². The van der Waals surface area contributed by atoms with Gasteiger partial charge in [-0.1, -0.05) is 39.3 Å². The zero-order valence-corrected chi connectivity index (χ0v) is 19.8. The van der Waals surface area contributed by atoms with Crippen LogP contribution in [0.2, 0.25) is 5.02 Å². The van der Waals surface area contributed by atoms with Crippen molar-refractivity contribution in [1.29, 1.82) is 0 Å². The summed E-state index contributed by atoms with van der Waals surface area (Å²) in [6.45, 7) is 11.0. The van der Waals surface area contributed by atoms with Crippen LogP contribution in [0, 0.1) is 0 Å². The van der Waals surface area contributed by atoms with Crippen molar-refractivity contribution in [3.05, 3.63) is 39.4 Å². The highest BCUT2D eigenvalue weighted by atomic mass is 35.5. The molecule has 1 aromatic heterocycles. The molecule has 1 heterocycles. The lowest BCUT2D eigenvalue weighted by molar-refractivity contribution is -0.113. The Morgan fingerprint density at radius 1 is 1.21 bits per heavy atom. The number of sulfone groups is 1. The predicted octanol–water partition coefficient (Wildman–Crippen LogP) is 4.68. The van der Waals surface area contributed by atoms with E-state index in [1.165, 1.54) is 6.20 Å². The van der Waals surface area contributed by atoms with Gasteiger partial charge in [0.15, 0.2) is 0 Å². The summed E-state index contributed by atoms with van der Waals surface area (Å²) in [5, 5.41) is 13.4. The maximum Gasteiger partial charge on any atom is 0.240 e. The zero-order valence-electron chi connectivity index (χ0n) is 17.4. The van der Waals surface area contributed by atoms with Crippen molar-refractivity contribution in [2.75, 3.05) is 11.1 Å². The van der Waals surface area contributed by atoms with Crippen molar-refractivity contribution in [3.63, 3.8) is 0 Å². The van der Waals surface area contributed by atoms with Gasteiger partial charge in [0.1, 0.15) is 5.75 Å². The molecule has 0 aliphatic rings. The molecule has 0 unspecified atom stereocenters. The van der Waals surface area contributed by atoms with Crippen LogP contribution in [0.3, 0.4) is 0 Å². The van der Waals surface area contributed by atoms with Gasteiger partial charge in [0.05, 0.1) is 10.5 Å². The van der Waals surface area contributed by atoms with E-state index < -0.39 is 27.1 Å². The molecular formula is C20H27ClN2O4S2. The molecule has 0 spiro atoms. The zero-order chi connectivity index (χ0) is 22.1. The van der Waals surface area contributed by atoms with E-state index in [1.807, 2.05) is 27.7 Å². The van der Waals surface area contributed by atoms with E-state index in [0.29, 0.717) is 15.6 Å².